The molecular formula is C16H20O3. The number of benzene rings is 1. The van der Waals surface area contributed by atoms with E-state index >= 15 is 0 Å². The molecule has 102 valence electrons. The van der Waals surface area contributed by atoms with Crippen molar-refractivity contribution in [2.24, 2.45) is 0 Å². The summed E-state index contributed by atoms with van der Waals surface area (Å²) >= 11 is 0. The first-order valence-corrected chi connectivity index (χ1v) is 6.22. The van der Waals surface area contributed by atoms with Crippen LogP contribution in [-0.4, -0.2) is 11.8 Å². The molecule has 0 spiro atoms. The third-order valence-corrected chi connectivity index (χ3v) is 3.03. The van der Waals surface area contributed by atoms with Gasteiger partial charge in [0.15, 0.2) is 11.5 Å². The van der Waals surface area contributed by atoms with Crippen molar-refractivity contribution in [3.8, 4) is 0 Å². The Kier molecular flexibility index (Phi) is 4.65. The lowest BCUT2D eigenvalue weighted by Gasteiger charge is -2.11. The van der Waals surface area contributed by atoms with Crippen molar-refractivity contribution in [1.29, 1.82) is 0 Å². The van der Waals surface area contributed by atoms with Crippen LogP contribution in [0, 0.1) is 20.8 Å². The van der Waals surface area contributed by atoms with E-state index < -0.39 is 5.97 Å². The Labute approximate surface area is 114 Å². The number of ether oxygens (including phenoxy) is 1. The van der Waals surface area contributed by atoms with Crippen molar-refractivity contribution in [2.45, 2.75) is 41.5 Å². The summed E-state index contributed by atoms with van der Waals surface area (Å²) < 4.78 is 5.23. The highest BCUT2D eigenvalue weighted by molar-refractivity contribution is 5.98. The smallest absolute Gasteiger partial charge is 0.343 e. The highest BCUT2D eigenvalue weighted by Crippen LogP contribution is 2.18. The summed E-state index contributed by atoms with van der Waals surface area (Å²) in [4.78, 5) is 23.6. The van der Waals surface area contributed by atoms with E-state index in [1.807, 2.05) is 26.8 Å². The summed E-state index contributed by atoms with van der Waals surface area (Å²) in [6.07, 6.45) is 0. The molecule has 3 heteroatoms. The fraction of sp³-hybridized carbons (Fsp3) is 0.375. The number of Topliss-reactive ketones (excluding diaryl/α,β-unsaturated/α-hetero) is 1. The summed E-state index contributed by atoms with van der Waals surface area (Å²) in [6.45, 7) is 10.7. The SMILES string of the molecule is CC(=O)C(OC(=O)c1cc(C)c(C)cc1C)=C(C)C. The van der Waals surface area contributed by atoms with E-state index in [9.17, 15) is 9.59 Å². The van der Waals surface area contributed by atoms with Gasteiger partial charge in [-0.1, -0.05) is 6.07 Å². The fourth-order valence-corrected chi connectivity index (χ4v) is 1.85. The third-order valence-electron chi connectivity index (χ3n) is 3.03. The van der Waals surface area contributed by atoms with Crippen LogP contribution < -0.4 is 0 Å². The first-order chi connectivity index (χ1) is 8.73. The van der Waals surface area contributed by atoms with Gasteiger partial charge in [0.1, 0.15) is 0 Å². The van der Waals surface area contributed by atoms with Crippen LogP contribution in [0.5, 0.6) is 0 Å². The molecule has 0 unspecified atom stereocenters. The minimum absolute atomic E-state index is 0.127. The Morgan fingerprint density at radius 3 is 1.89 bits per heavy atom. The quantitative estimate of drug-likeness (QED) is 0.473. The van der Waals surface area contributed by atoms with Gasteiger partial charge in [-0.15, -0.1) is 0 Å². The molecule has 0 radical (unpaired) electrons. The van der Waals surface area contributed by atoms with Gasteiger partial charge < -0.3 is 4.74 Å². The first kappa shape index (κ1) is 15.2. The van der Waals surface area contributed by atoms with E-state index in [1.54, 1.807) is 19.9 Å². The minimum atomic E-state index is -0.480. The molecule has 0 saturated carbocycles. The second-order valence-electron chi connectivity index (χ2n) is 5.03. The lowest BCUT2D eigenvalue weighted by Crippen LogP contribution is -2.12. The predicted molar refractivity (Wildman–Crippen MR) is 75.1 cm³/mol. The molecule has 0 aliphatic carbocycles. The lowest BCUT2D eigenvalue weighted by molar-refractivity contribution is -0.116. The van der Waals surface area contributed by atoms with E-state index in [0.717, 1.165) is 16.7 Å². The number of carbonyl (C=O) groups is 2. The Morgan fingerprint density at radius 2 is 1.42 bits per heavy atom. The first-order valence-electron chi connectivity index (χ1n) is 6.22. The van der Waals surface area contributed by atoms with Crippen LogP contribution in [0.1, 0.15) is 47.8 Å². The second-order valence-corrected chi connectivity index (χ2v) is 5.03. The van der Waals surface area contributed by atoms with Gasteiger partial charge in [0.05, 0.1) is 5.56 Å². The molecule has 1 rings (SSSR count). The monoisotopic (exact) mass is 260 g/mol. The molecule has 0 aromatic heterocycles. The molecule has 0 atom stereocenters. The van der Waals surface area contributed by atoms with Gasteiger partial charge in [0.2, 0.25) is 0 Å². The van der Waals surface area contributed by atoms with Crippen LogP contribution in [-0.2, 0) is 9.53 Å². The normalized spacial score (nSPS) is 10.0. The van der Waals surface area contributed by atoms with E-state index in [4.69, 9.17) is 4.74 Å². The second kappa shape index (κ2) is 5.83. The van der Waals surface area contributed by atoms with Crippen LogP contribution in [0.15, 0.2) is 23.5 Å². The molecule has 19 heavy (non-hydrogen) atoms. The van der Waals surface area contributed by atoms with Crippen molar-refractivity contribution >= 4 is 11.8 Å². The number of esters is 1. The zero-order valence-corrected chi connectivity index (χ0v) is 12.4. The van der Waals surface area contributed by atoms with Gasteiger partial charge in [0.25, 0.3) is 0 Å². The minimum Gasteiger partial charge on any atom is -0.419 e. The average molecular weight is 260 g/mol. The van der Waals surface area contributed by atoms with Crippen LogP contribution in [0.25, 0.3) is 0 Å². The van der Waals surface area contributed by atoms with Crippen LogP contribution in [0.4, 0.5) is 0 Å². The van der Waals surface area contributed by atoms with E-state index in [1.165, 1.54) is 6.92 Å². The Hall–Kier alpha value is -1.90. The molecule has 3 nitrogen and oxygen atoms in total. The predicted octanol–water partition coefficient (Wildman–Crippen LogP) is 3.65. The highest BCUT2D eigenvalue weighted by atomic mass is 16.5. The van der Waals surface area contributed by atoms with Crippen LogP contribution in [0.3, 0.4) is 0 Å². The zero-order valence-electron chi connectivity index (χ0n) is 12.4. The standard InChI is InChI=1S/C16H20O3/c1-9(2)15(13(6)17)19-16(18)14-8-11(4)10(3)7-12(14)5/h7-8H,1-6H3. The molecule has 0 fully saturated rings. The number of hydrogen-bond acceptors (Lipinski definition) is 3. The van der Waals surface area contributed by atoms with Gasteiger partial charge in [-0.2, -0.15) is 0 Å². The molecule has 0 bridgehead atoms. The van der Waals surface area contributed by atoms with Crippen molar-refractivity contribution in [3.63, 3.8) is 0 Å². The number of ketones is 1. The van der Waals surface area contributed by atoms with Gasteiger partial charge in [-0.05, 0) is 62.9 Å². The molecule has 0 amide bonds. The molecule has 0 heterocycles. The maximum absolute atomic E-state index is 12.1. The van der Waals surface area contributed by atoms with E-state index in [2.05, 4.69) is 0 Å². The maximum atomic E-state index is 12.1. The summed E-state index contributed by atoms with van der Waals surface area (Å²) in [5.74, 6) is -0.593. The van der Waals surface area contributed by atoms with Gasteiger partial charge in [0, 0.05) is 6.92 Å². The summed E-state index contributed by atoms with van der Waals surface area (Å²) in [6, 6.07) is 3.75. The number of hydrogen-bond donors (Lipinski definition) is 0. The Morgan fingerprint density at radius 1 is 0.895 bits per heavy atom. The molecule has 0 aliphatic heterocycles. The zero-order chi connectivity index (χ0) is 14.7. The fourth-order valence-electron chi connectivity index (χ4n) is 1.85. The van der Waals surface area contributed by atoms with Crippen molar-refractivity contribution in [2.75, 3.05) is 0 Å². The Bertz CT molecular complexity index is 562. The number of carbonyl (C=O) groups excluding carboxylic acids is 2. The highest BCUT2D eigenvalue weighted by Gasteiger charge is 2.17. The summed E-state index contributed by atoms with van der Waals surface area (Å²) in [5.41, 5.74) is 4.21. The molecule has 1 aromatic carbocycles. The van der Waals surface area contributed by atoms with E-state index in [0.29, 0.717) is 11.1 Å². The van der Waals surface area contributed by atoms with Gasteiger partial charge in [-0.25, -0.2) is 4.79 Å². The van der Waals surface area contributed by atoms with Gasteiger partial charge >= 0.3 is 5.97 Å². The topological polar surface area (TPSA) is 43.4 Å². The molecule has 0 N–H and O–H groups in total. The van der Waals surface area contributed by atoms with Crippen molar-refractivity contribution in [1.82, 2.24) is 0 Å². The van der Waals surface area contributed by atoms with Crippen molar-refractivity contribution < 1.29 is 14.3 Å². The van der Waals surface area contributed by atoms with Crippen molar-refractivity contribution in [3.05, 3.63) is 45.7 Å². The molecule has 0 aliphatic rings. The molecular weight excluding hydrogens is 240 g/mol. The van der Waals surface area contributed by atoms with Crippen LogP contribution in [0.2, 0.25) is 0 Å². The average Bonchev–Trinajstić information content (AvgIpc) is 2.29. The summed E-state index contributed by atoms with van der Waals surface area (Å²) in [7, 11) is 0. The maximum Gasteiger partial charge on any atom is 0.343 e. The number of aryl methyl sites for hydroxylation is 3. The van der Waals surface area contributed by atoms with Gasteiger partial charge in [-0.3, -0.25) is 4.79 Å². The number of allylic oxidation sites excluding steroid dienone is 2. The Balaban J connectivity index is 3.12. The summed E-state index contributed by atoms with van der Waals surface area (Å²) in [5, 5.41) is 0. The lowest BCUT2D eigenvalue weighted by atomic mass is 10.0. The van der Waals surface area contributed by atoms with Crippen LogP contribution >= 0.6 is 0 Å². The largest absolute Gasteiger partial charge is 0.419 e. The molecule has 1 aromatic rings. The van der Waals surface area contributed by atoms with E-state index in [-0.39, 0.29) is 11.5 Å². The third kappa shape index (κ3) is 3.53. The molecule has 0 saturated heterocycles. The number of rotatable bonds is 3.